The Bertz CT molecular complexity index is 915. The Kier molecular flexibility index (Phi) is 4.57. The highest BCUT2D eigenvalue weighted by Crippen LogP contribution is 2.30. The molecule has 2 aromatic carbocycles. The van der Waals surface area contributed by atoms with Gasteiger partial charge in [-0.3, -0.25) is 10.1 Å². The van der Waals surface area contributed by atoms with Gasteiger partial charge in [-0.1, -0.05) is 16.8 Å². The van der Waals surface area contributed by atoms with Crippen molar-refractivity contribution in [1.29, 1.82) is 0 Å². The number of aromatic nitrogens is 2. The number of hydrogen-bond donors (Lipinski definition) is 0. The first-order chi connectivity index (χ1) is 11.9. The van der Waals surface area contributed by atoms with Gasteiger partial charge in [-0.05, 0) is 36.4 Å². The Morgan fingerprint density at radius 3 is 2.48 bits per heavy atom. The van der Waals surface area contributed by atoms with Crippen molar-refractivity contribution in [3.05, 3.63) is 57.6 Å². The van der Waals surface area contributed by atoms with Crippen LogP contribution in [-0.4, -0.2) is 21.7 Å². The van der Waals surface area contributed by atoms with Gasteiger partial charge in [0, 0.05) is 17.2 Å². The lowest BCUT2D eigenvalue weighted by atomic mass is 10.2. The molecule has 3 aromatic rings. The average molecular weight is 368 g/mol. The summed E-state index contributed by atoms with van der Waals surface area (Å²) in [7, 11) is 0. The molecule has 0 unspecified atom stereocenters. The summed E-state index contributed by atoms with van der Waals surface area (Å²) >= 11 is 5.76. The first-order valence-corrected chi connectivity index (χ1v) is 7.15. The molecule has 0 amide bonds. The van der Waals surface area contributed by atoms with Crippen molar-refractivity contribution in [3.63, 3.8) is 0 Å². The number of hydrogen-bond acceptors (Lipinski definition) is 6. The van der Waals surface area contributed by atoms with Gasteiger partial charge in [-0.25, -0.2) is 0 Å². The van der Waals surface area contributed by atoms with Gasteiger partial charge in [0.15, 0.2) is 0 Å². The van der Waals surface area contributed by atoms with Crippen LogP contribution in [0.5, 0.6) is 5.75 Å². The van der Waals surface area contributed by atoms with Crippen molar-refractivity contribution in [2.45, 2.75) is 6.61 Å². The van der Waals surface area contributed by atoms with Crippen LogP contribution in [-0.2, 0) is 0 Å². The topological polar surface area (TPSA) is 91.3 Å². The largest absolute Gasteiger partial charge is 0.435 e. The number of halogens is 3. The smallest absolute Gasteiger partial charge is 0.387 e. The van der Waals surface area contributed by atoms with E-state index in [2.05, 4.69) is 14.9 Å². The molecule has 0 aliphatic carbocycles. The quantitative estimate of drug-likeness (QED) is 0.484. The van der Waals surface area contributed by atoms with Gasteiger partial charge in [0.1, 0.15) is 10.8 Å². The molecule has 128 valence electrons. The third-order valence-corrected chi connectivity index (χ3v) is 3.47. The molecule has 0 N–H and O–H groups in total. The molecular formula is C15H8ClF2N3O4. The minimum absolute atomic E-state index is 0.00389. The van der Waals surface area contributed by atoms with Gasteiger partial charge < -0.3 is 9.26 Å². The van der Waals surface area contributed by atoms with E-state index in [4.69, 9.17) is 16.1 Å². The molecule has 0 radical (unpaired) electrons. The second-order valence-corrected chi connectivity index (χ2v) is 5.16. The summed E-state index contributed by atoms with van der Waals surface area (Å²) in [6, 6.07) is 9.73. The van der Waals surface area contributed by atoms with Gasteiger partial charge in [0.2, 0.25) is 5.82 Å². The fourth-order valence-electron chi connectivity index (χ4n) is 2.03. The molecule has 0 saturated carbocycles. The molecule has 0 aliphatic rings. The molecule has 0 fully saturated rings. The number of ether oxygens (including phenoxy) is 1. The lowest BCUT2D eigenvalue weighted by Gasteiger charge is -2.03. The van der Waals surface area contributed by atoms with Crippen LogP contribution in [0.3, 0.4) is 0 Å². The number of nitro groups is 1. The summed E-state index contributed by atoms with van der Waals surface area (Å²) in [5.41, 5.74) is 0.542. The van der Waals surface area contributed by atoms with E-state index in [0.717, 1.165) is 0 Å². The highest BCUT2D eigenvalue weighted by Gasteiger charge is 2.17. The minimum atomic E-state index is -2.91. The van der Waals surface area contributed by atoms with Gasteiger partial charge >= 0.3 is 6.61 Å². The van der Waals surface area contributed by atoms with Crippen LogP contribution in [0.25, 0.3) is 22.8 Å². The number of nitro benzene ring substituents is 1. The van der Waals surface area contributed by atoms with Crippen LogP contribution in [0.4, 0.5) is 14.5 Å². The van der Waals surface area contributed by atoms with E-state index in [9.17, 15) is 18.9 Å². The van der Waals surface area contributed by atoms with Crippen molar-refractivity contribution in [1.82, 2.24) is 10.1 Å². The second kappa shape index (κ2) is 6.81. The summed E-state index contributed by atoms with van der Waals surface area (Å²) in [6.45, 7) is -2.91. The third kappa shape index (κ3) is 3.72. The minimum Gasteiger partial charge on any atom is -0.435 e. The van der Waals surface area contributed by atoms with E-state index >= 15 is 0 Å². The molecular weight excluding hydrogens is 360 g/mol. The summed E-state index contributed by atoms with van der Waals surface area (Å²) in [5.74, 6) is 0.245. The van der Waals surface area contributed by atoms with E-state index in [1.54, 1.807) is 0 Å². The van der Waals surface area contributed by atoms with Crippen LogP contribution in [0.1, 0.15) is 0 Å². The van der Waals surface area contributed by atoms with Crippen LogP contribution < -0.4 is 4.74 Å². The maximum Gasteiger partial charge on any atom is 0.387 e. The number of alkyl halides is 2. The standard InChI is InChI=1S/C15H8ClF2N3O4/c16-11-6-3-9(7-12(11)21(22)23)14-19-13(20-25-14)8-1-4-10(5-2-8)24-15(17)18/h1-7,15H. The Labute approximate surface area is 143 Å². The number of rotatable bonds is 5. The van der Waals surface area contributed by atoms with E-state index in [1.807, 2.05) is 0 Å². The lowest BCUT2D eigenvalue weighted by Crippen LogP contribution is -2.01. The molecule has 1 heterocycles. The molecule has 7 nitrogen and oxygen atoms in total. The Hall–Kier alpha value is -3.07. The summed E-state index contributed by atoms with van der Waals surface area (Å²) < 4.78 is 33.6. The first kappa shape index (κ1) is 16.8. The van der Waals surface area contributed by atoms with Crippen molar-refractivity contribution >= 4 is 17.3 Å². The van der Waals surface area contributed by atoms with Gasteiger partial charge in [0.25, 0.3) is 11.6 Å². The summed E-state index contributed by atoms with van der Waals surface area (Å²) in [5, 5.41) is 14.7. The van der Waals surface area contributed by atoms with Crippen LogP contribution in [0.2, 0.25) is 5.02 Å². The molecule has 0 spiro atoms. The molecule has 0 saturated heterocycles. The van der Waals surface area contributed by atoms with Crippen molar-refractivity contribution in [2.24, 2.45) is 0 Å². The zero-order valence-corrected chi connectivity index (χ0v) is 13.0. The normalized spacial score (nSPS) is 10.9. The lowest BCUT2D eigenvalue weighted by molar-refractivity contribution is -0.384. The van der Waals surface area contributed by atoms with Gasteiger partial charge in [-0.15, -0.1) is 0 Å². The van der Waals surface area contributed by atoms with E-state index < -0.39 is 11.5 Å². The highest BCUT2D eigenvalue weighted by atomic mass is 35.5. The molecule has 25 heavy (non-hydrogen) atoms. The van der Waals surface area contributed by atoms with Gasteiger partial charge in [-0.2, -0.15) is 13.8 Å². The number of nitrogens with zero attached hydrogens (tertiary/aromatic N) is 3. The van der Waals surface area contributed by atoms with E-state index in [-0.39, 0.29) is 28.2 Å². The van der Waals surface area contributed by atoms with Crippen molar-refractivity contribution in [3.8, 4) is 28.6 Å². The molecule has 0 aliphatic heterocycles. The molecule has 0 bridgehead atoms. The summed E-state index contributed by atoms with van der Waals surface area (Å²) in [4.78, 5) is 14.4. The van der Waals surface area contributed by atoms with Crippen LogP contribution in [0.15, 0.2) is 47.0 Å². The third-order valence-electron chi connectivity index (χ3n) is 3.15. The molecule has 3 rings (SSSR count). The SMILES string of the molecule is O=[N+]([O-])c1cc(-c2nc(-c3ccc(OC(F)F)cc3)no2)ccc1Cl. The predicted octanol–water partition coefficient (Wildman–Crippen LogP) is 4.57. The zero-order chi connectivity index (χ0) is 18.0. The second-order valence-electron chi connectivity index (χ2n) is 4.75. The van der Waals surface area contributed by atoms with Crippen molar-refractivity contribution < 1.29 is 23.0 Å². The highest BCUT2D eigenvalue weighted by molar-refractivity contribution is 6.32. The Morgan fingerprint density at radius 2 is 1.84 bits per heavy atom. The molecule has 10 heteroatoms. The fourth-order valence-corrected chi connectivity index (χ4v) is 2.22. The van der Waals surface area contributed by atoms with E-state index in [1.165, 1.54) is 42.5 Å². The maximum atomic E-state index is 12.1. The maximum absolute atomic E-state index is 12.1. The molecule has 1 aromatic heterocycles. The van der Waals surface area contributed by atoms with E-state index in [0.29, 0.717) is 11.1 Å². The molecule has 0 atom stereocenters. The Balaban J connectivity index is 1.88. The van der Waals surface area contributed by atoms with Gasteiger partial charge in [0.05, 0.1) is 4.92 Å². The zero-order valence-electron chi connectivity index (χ0n) is 12.2. The fraction of sp³-hybridized carbons (Fsp3) is 0.0667. The van der Waals surface area contributed by atoms with Crippen LogP contribution >= 0.6 is 11.6 Å². The predicted molar refractivity (Wildman–Crippen MR) is 83.5 cm³/mol. The van der Waals surface area contributed by atoms with Crippen molar-refractivity contribution in [2.75, 3.05) is 0 Å². The monoisotopic (exact) mass is 367 g/mol. The number of benzene rings is 2. The van der Waals surface area contributed by atoms with Crippen LogP contribution in [0, 0.1) is 10.1 Å². The summed E-state index contributed by atoms with van der Waals surface area (Å²) in [6.07, 6.45) is 0. The first-order valence-electron chi connectivity index (χ1n) is 6.77. The average Bonchev–Trinajstić information content (AvgIpc) is 3.05. The Morgan fingerprint density at radius 1 is 1.16 bits per heavy atom.